The molecule has 1 heterocycles. The van der Waals surface area contributed by atoms with Gasteiger partial charge in [-0.1, -0.05) is 41.4 Å². The Morgan fingerprint density at radius 3 is 2.64 bits per heavy atom. The average Bonchev–Trinajstić information content (AvgIpc) is 2.98. The lowest BCUT2D eigenvalue weighted by Gasteiger charge is -2.19. The van der Waals surface area contributed by atoms with Crippen LogP contribution in [0, 0.1) is 12.8 Å². The molecule has 0 unspecified atom stereocenters. The van der Waals surface area contributed by atoms with Gasteiger partial charge in [0.15, 0.2) is 0 Å². The first-order valence-electron chi connectivity index (χ1n) is 8.03. The highest BCUT2D eigenvalue weighted by atomic mass is 35.5. The van der Waals surface area contributed by atoms with Crippen molar-refractivity contribution in [3.8, 4) is 0 Å². The number of carbonyl (C=O) groups is 2. The number of amides is 2. The van der Waals surface area contributed by atoms with E-state index in [2.05, 4.69) is 5.32 Å². The van der Waals surface area contributed by atoms with Crippen LogP contribution in [0.1, 0.15) is 17.5 Å². The van der Waals surface area contributed by atoms with Crippen molar-refractivity contribution in [2.45, 2.75) is 19.9 Å². The zero-order valence-electron chi connectivity index (χ0n) is 13.8. The van der Waals surface area contributed by atoms with Gasteiger partial charge in [-0.3, -0.25) is 9.59 Å². The second-order valence-electron chi connectivity index (χ2n) is 6.13. The van der Waals surface area contributed by atoms with Crippen molar-refractivity contribution in [3.63, 3.8) is 0 Å². The summed E-state index contributed by atoms with van der Waals surface area (Å²) < 4.78 is 0. The summed E-state index contributed by atoms with van der Waals surface area (Å²) in [6.45, 7) is 2.65. The van der Waals surface area contributed by atoms with Gasteiger partial charge in [0, 0.05) is 35.2 Å². The molecule has 0 aliphatic carbocycles. The molecule has 1 saturated heterocycles. The van der Waals surface area contributed by atoms with Gasteiger partial charge in [0.25, 0.3) is 0 Å². The molecule has 2 aromatic rings. The lowest BCUT2D eigenvalue weighted by atomic mass is 10.1. The Kier molecular flexibility index (Phi) is 5.30. The summed E-state index contributed by atoms with van der Waals surface area (Å²) in [6.07, 6.45) is 0.207. The van der Waals surface area contributed by atoms with Crippen molar-refractivity contribution in [1.29, 1.82) is 0 Å². The lowest BCUT2D eigenvalue weighted by Crippen LogP contribution is -2.32. The number of rotatable bonds is 4. The fourth-order valence-corrected chi connectivity index (χ4v) is 3.24. The van der Waals surface area contributed by atoms with Gasteiger partial charge in [-0.05, 0) is 42.3 Å². The first-order chi connectivity index (χ1) is 12.0. The van der Waals surface area contributed by atoms with E-state index in [4.69, 9.17) is 23.2 Å². The van der Waals surface area contributed by atoms with Crippen LogP contribution in [0.4, 0.5) is 5.69 Å². The van der Waals surface area contributed by atoms with E-state index in [9.17, 15) is 9.59 Å². The Labute approximate surface area is 156 Å². The average molecular weight is 377 g/mol. The van der Waals surface area contributed by atoms with E-state index < -0.39 is 0 Å². The molecule has 0 bridgehead atoms. The van der Waals surface area contributed by atoms with Crippen LogP contribution in [0.2, 0.25) is 10.0 Å². The van der Waals surface area contributed by atoms with E-state index in [-0.39, 0.29) is 24.2 Å². The molecule has 0 aromatic heterocycles. The largest absolute Gasteiger partial charge is 0.352 e. The van der Waals surface area contributed by atoms with E-state index in [1.54, 1.807) is 23.1 Å². The second kappa shape index (κ2) is 7.46. The molecule has 130 valence electrons. The molecular formula is C19H18Cl2N2O2. The molecule has 6 heteroatoms. The highest BCUT2D eigenvalue weighted by Crippen LogP contribution is 2.31. The minimum Gasteiger partial charge on any atom is -0.352 e. The number of hydrogen-bond donors (Lipinski definition) is 1. The molecule has 4 nitrogen and oxygen atoms in total. The van der Waals surface area contributed by atoms with E-state index >= 15 is 0 Å². The predicted octanol–water partition coefficient (Wildman–Crippen LogP) is 3.97. The highest BCUT2D eigenvalue weighted by Gasteiger charge is 2.35. The molecule has 1 atom stereocenters. The van der Waals surface area contributed by atoms with Gasteiger partial charge in [0.2, 0.25) is 11.8 Å². The molecule has 1 aliphatic rings. The van der Waals surface area contributed by atoms with Crippen LogP contribution in [0.15, 0.2) is 42.5 Å². The molecular weight excluding hydrogens is 359 g/mol. The summed E-state index contributed by atoms with van der Waals surface area (Å²) in [5.74, 6) is -0.541. The smallest absolute Gasteiger partial charge is 0.227 e. The SMILES string of the molecule is Cc1c(Cl)cccc1N1C[C@H](C(=O)NCc2ccc(Cl)cc2)CC1=O. The summed E-state index contributed by atoms with van der Waals surface area (Å²) in [5.41, 5.74) is 2.58. The molecule has 25 heavy (non-hydrogen) atoms. The summed E-state index contributed by atoms with van der Waals surface area (Å²) in [4.78, 5) is 26.4. The second-order valence-corrected chi connectivity index (χ2v) is 6.98. The molecule has 1 fully saturated rings. The normalized spacial score (nSPS) is 17.0. The van der Waals surface area contributed by atoms with Gasteiger partial charge in [-0.2, -0.15) is 0 Å². The maximum Gasteiger partial charge on any atom is 0.227 e. The Morgan fingerprint density at radius 1 is 1.20 bits per heavy atom. The van der Waals surface area contributed by atoms with E-state index in [1.165, 1.54) is 0 Å². The van der Waals surface area contributed by atoms with Crippen LogP contribution >= 0.6 is 23.2 Å². The number of benzene rings is 2. The third-order valence-electron chi connectivity index (χ3n) is 4.41. The summed E-state index contributed by atoms with van der Waals surface area (Å²) in [6, 6.07) is 12.8. The molecule has 3 rings (SSSR count). The molecule has 2 amide bonds. The zero-order valence-corrected chi connectivity index (χ0v) is 15.3. The Bertz CT molecular complexity index is 806. The molecule has 0 radical (unpaired) electrons. The minimum absolute atomic E-state index is 0.0583. The van der Waals surface area contributed by atoms with E-state index in [0.717, 1.165) is 16.8 Å². The molecule has 1 aliphatic heterocycles. The number of anilines is 1. The summed E-state index contributed by atoms with van der Waals surface area (Å²) >= 11 is 12.0. The van der Waals surface area contributed by atoms with E-state index in [0.29, 0.717) is 23.1 Å². The Morgan fingerprint density at radius 2 is 1.92 bits per heavy atom. The van der Waals surface area contributed by atoms with Gasteiger partial charge in [0.1, 0.15) is 0 Å². The van der Waals surface area contributed by atoms with Crippen LogP contribution in [0.5, 0.6) is 0 Å². The minimum atomic E-state index is -0.363. The Balaban J connectivity index is 1.64. The predicted molar refractivity (Wildman–Crippen MR) is 99.9 cm³/mol. The van der Waals surface area contributed by atoms with Crippen LogP contribution in [0.3, 0.4) is 0 Å². The fourth-order valence-electron chi connectivity index (χ4n) is 2.94. The third kappa shape index (κ3) is 3.97. The number of nitrogens with one attached hydrogen (secondary N) is 1. The van der Waals surface area contributed by atoms with Gasteiger partial charge in [-0.25, -0.2) is 0 Å². The standard InChI is InChI=1S/C19H18Cl2N2O2/c1-12-16(21)3-2-4-17(12)23-11-14(9-18(23)24)19(25)22-10-13-5-7-15(20)8-6-13/h2-8,14H,9-11H2,1H3,(H,22,25)/t14-/m1/s1. The first kappa shape index (κ1) is 17.8. The van der Waals surface area contributed by atoms with Crippen molar-refractivity contribution < 1.29 is 9.59 Å². The monoisotopic (exact) mass is 376 g/mol. The van der Waals surface area contributed by atoms with Gasteiger partial charge >= 0.3 is 0 Å². The van der Waals surface area contributed by atoms with Crippen molar-refractivity contribution in [2.24, 2.45) is 5.92 Å². The van der Waals surface area contributed by atoms with Crippen molar-refractivity contribution in [3.05, 3.63) is 63.6 Å². The molecule has 0 spiro atoms. The maximum atomic E-state index is 12.4. The van der Waals surface area contributed by atoms with Gasteiger partial charge in [-0.15, -0.1) is 0 Å². The Hall–Kier alpha value is -2.04. The summed E-state index contributed by atoms with van der Waals surface area (Å²) in [5, 5.41) is 4.16. The van der Waals surface area contributed by atoms with Crippen LogP contribution in [-0.2, 0) is 16.1 Å². The zero-order chi connectivity index (χ0) is 18.0. The quantitative estimate of drug-likeness (QED) is 0.877. The number of nitrogens with zero attached hydrogens (tertiary/aromatic N) is 1. The third-order valence-corrected chi connectivity index (χ3v) is 5.07. The lowest BCUT2D eigenvalue weighted by molar-refractivity contribution is -0.126. The van der Waals surface area contributed by atoms with E-state index in [1.807, 2.05) is 31.2 Å². The number of carbonyl (C=O) groups excluding carboxylic acids is 2. The van der Waals surface area contributed by atoms with Gasteiger partial charge in [0.05, 0.1) is 5.92 Å². The molecule has 2 aromatic carbocycles. The van der Waals surface area contributed by atoms with Crippen molar-refractivity contribution in [2.75, 3.05) is 11.4 Å². The maximum absolute atomic E-state index is 12.4. The topological polar surface area (TPSA) is 49.4 Å². The van der Waals surface area contributed by atoms with Crippen molar-refractivity contribution in [1.82, 2.24) is 5.32 Å². The number of halogens is 2. The van der Waals surface area contributed by atoms with Crippen LogP contribution in [0.25, 0.3) is 0 Å². The molecule has 0 saturated carbocycles. The molecule has 1 N–H and O–H groups in total. The van der Waals surface area contributed by atoms with Crippen LogP contribution in [-0.4, -0.2) is 18.4 Å². The number of hydrogen-bond acceptors (Lipinski definition) is 2. The van der Waals surface area contributed by atoms with Crippen LogP contribution < -0.4 is 10.2 Å². The highest BCUT2D eigenvalue weighted by molar-refractivity contribution is 6.31. The van der Waals surface area contributed by atoms with Crippen molar-refractivity contribution >= 4 is 40.7 Å². The van der Waals surface area contributed by atoms with Gasteiger partial charge < -0.3 is 10.2 Å². The fraction of sp³-hybridized carbons (Fsp3) is 0.263. The first-order valence-corrected chi connectivity index (χ1v) is 8.79. The summed E-state index contributed by atoms with van der Waals surface area (Å²) in [7, 11) is 0.